The molecule has 0 aliphatic heterocycles. The molecule has 86 valence electrons. The van der Waals surface area contributed by atoms with Crippen LogP contribution in [0.4, 0.5) is 0 Å². The third-order valence-electron chi connectivity index (χ3n) is 3.24. The fourth-order valence-electron chi connectivity index (χ4n) is 2.29. The fraction of sp³-hybridized carbons (Fsp3) is 0.308. The van der Waals surface area contributed by atoms with E-state index in [1.54, 1.807) is 6.07 Å². The molecule has 1 aromatic carbocycles. The zero-order chi connectivity index (χ0) is 12.0. The summed E-state index contributed by atoms with van der Waals surface area (Å²) in [5.74, 6) is 0.813. The van der Waals surface area contributed by atoms with Gasteiger partial charge in [0.1, 0.15) is 5.82 Å². The predicted molar refractivity (Wildman–Crippen MR) is 64.4 cm³/mol. The van der Waals surface area contributed by atoms with E-state index in [0.717, 1.165) is 12.0 Å². The molecule has 0 atom stereocenters. The van der Waals surface area contributed by atoms with Crippen molar-refractivity contribution < 1.29 is 4.79 Å². The zero-order valence-corrected chi connectivity index (χ0v) is 9.54. The topological polar surface area (TPSA) is 62.8 Å². The van der Waals surface area contributed by atoms with Gasteiger partial charge in [-0.05, 0) is 24.1 Å². The molecule has 1 heterocycles. The van der Waals surface area contributed by atoms with E-state index in [1.807, 2.05) is 13.0 Å². The fourth-order valence-corrected chi connectivity index (χ4v) is 2.29. The van der Waals surface area contributed by atoms with Crippen LogP contribution in [0.15, 0.2) is 16.9 Å². The molecule has 1 N–H and O–H groups in total. The summed E-state index contributed by atoms with van der Waals surface area (Å²) in [5, 5.41) is 0.510. The van der Waals surface area contributed by atoms with Gasteiger partial charge in [0.15, 0.2) is 5.78 Å². The van der Waals surface area contributed by atoms with Gasteiger partial charge in [0.05, 0.1) is 10.9 Å². The number of H-pyrrole nitrogens is 1. The Morgan fingerprint density at radius 2 is 2.12 bits per heavy atom. The van der Waals surface area contributed by atoms with Gasteiger partial charge in [-0.2, -0.15) is 0 Å². The minimum absolute atomic E-state index is 0.126. The van der Waals surface area contributed by atoms with Crippen LogP contribution in [0, 0.1) is 0 Å². The Bertz CT molecular complexity index is 686. The summed E-state index contributed by atoms with van der Waals surface area (Å²) in [6, 6.07) is 3.56. The summed E-state index contributed by atoms with van der Waals surface area (Å²) in [4.78, 5) is 30.6. The molecular formula is C13H12N2O2. The van der Waals surface area contributed by atoms with Gasteiger partial charge in [0.2, 0.25) is 0 Å². The van der Waals surface area contributed by atoms with Gasteiger partial charge in [-0.15, -0.1) is 0 Å². The maximum atomic E-state index is 11.9. The van der Waals surface area contributed by atoms with E-state index in [0.29, 0.717) is 35.1 Å². The summed E-state index contributed by atoms with van der Waals surface area (Å²) in [7, 11) is 0. The standard InChI is InChI=1S/C13H12N2O2/c1-2-12-14-10-5-7-3-4-11(16)8(7)6-9(10)13(17)15-12/h5-6H,2-4H2,1H3,(H,14,15,17). The monoisotopic (exact) mass is 228 g/mol. The first-order valence-electron chi connectivity index (χ1n) is 5.78. The third-order valence-corrected chi connectivity index (χ3v) is 3.24. The molecule has 0 unspecified atom stereocenters. The Hall–Kier alpha value is -1.97. The molecular weight excluding hydrogens is 216 g/mol. The molecule has 0 amide bonds. The lowest BCUT2D eigenvalue weighted by Crippen LogP contribution is -2.12. The number of nitrogens with one attached hydrogen (secondary N) is 1. The van der Waals surface area contributed by atoms with Gasteiger partial charge in [-0.1, -0.05) is 6.92 Å². The van der Waals surface area contributed by atoms with Crippen LogP contribution in [0.5, 0.6) is 0 Å². The van der Waals surface area contributed by atoms with Crippen LogP contribution in [-0.2, 0) is 12.8 Å². The molecule has 0 saturated carbocycles. The number of rotatable bonds is 1. The van der Waals surface area contributed by atoms with Gasteiger partial charge in [0.25, 0.3) is 5.56 Å². The average molecular weight is 228 g/mol. The number of hydrogen-bond acceptors (Lipinski definition) is 3. The van der Waals surface area contributed by atoms with Crippen molar-refractivity contribution in [2.24, 2.45) is 0 Å². The number of ketones is 1. The van der Waals surface area contributed by atoms with Crippen molar-refractivity contribution in [2.75, 3.05) is 0 Å². The summed E-state index contributed by atoms with van der Waals surface area (Å²) in [6.45, 7) is 1.95. The number of aryl methyl sites for hydroxylation is 2. The van der Waals surface area contributed by atoms with E-state index in [4.69, 9.17) is 0 Å². The van der Waals surface area contributed by atoms with E-state index >= 15 is 0 Å². The smallest absolute Gasteiger partial charge is 0.258 e. The highest BCUT2D eigenvalue weighted by molar-refractivity contribution is 6.03. The molecule has 0 spiro atoms. The number of aromatic nitrogens is 2. The van der Waals surface area contributed by atoms with Gasteiger partial charge in [-0.25, -0.2) is 4.98 Å². The Balaban J connectivity index is 2.37. The van der Waals surface area contributed by atoms with E-state index in [1.165, 1.54) is 0 Å². The van der Waals surface area contributed by atoms with Crippen LogP contribution < -0.4 is 5.56 Å². The summed E-state index contributed by atoms with van der Waals surface area (Å²) >= 11 is 0. The summed E-state index contributed by atoms with van der Waals surface area (Å²) in [5.41, 5.74) is 2.24. The number of Topliss-reactive ketones (excluding diaryl/α,β-unsaturated/α-hetero) is 1. The van der Waals surface area contributed by atoms with Crippen LogP contribution in [0.1, 0.15) is 35.1 Å². The molecule has 0 fully saturated rings. The van der Waals surface area contributed by atoms with Gasteiger partial charge >= 0.3 is 0 Å². The van der Waals surface area contributed by atoms with Crippen molar-refractivity contribution in [1.29, 1.82) is 0 Å². The highest BCUT2D eigenvalue weighted by atomic mass is 16.1. The zero-order valence-electron chi connectivity index (χ0n) is 9.54. The first kappa shape index (κ1) is 10.2. The molecule has 0 bridgehead atoms. The van der Waals surface area contributed by atoms with Crippen molar-refractivity contribution in [2.45, 2.75) is 26.2 Å². The quantitative estimate of drug-likeness (QED) is 0.806. The number of nitrogens with zero attached hydrogens (tertiary/aromatic N) is 1. The Morgan fingerprint density at radius 3 is 2.88 bits per heavy atom. The second-order valence-corrected chi connectivity index (χ2v) is 4.32. The third kappa shape index (κ3) is 1.48. The first-order valence-corrected chi connectivity index (χ1v) is 5.78. The van der Waals surface area contributed by atoms with E-state index in [2.05, 4.69) is 9.97 Å². The van der Waals surface area contributed by atoms with Crippen LogP contribution in [0.2, 0.25) is 0 Å². The number of aromatic amines is 1. The molecule has 1 aliphatic carbocycles. The lowest BCUT2D eigenvalue weighted by atomic mass is 10.1. The summed E-state index contributed by atoms with van der Waals surface area (Å²) < 4.78 is 0. The minimum Gasteiger partial charge on any atom is -0.310 e. The van der Waals surface area contributed by atoms with Gasteiger partial charge in [0, 0.05) is 18.4 Å². The molecule has 17 heavy (non-hydrogen) atoms. The van der Waals surface area contributed by atoms with Crippen LogP contribution in [-0.4, -0.2) is 15.8 Å². The predicted octanol–water partition coefficient (Wildman–Crippen LogP) is 1.61. The SMILES string of the molecule is CCc1nc2cc3c(cc2c(=O)[nH]1)C(=O)CC3. The van der Waals surface area contributed by atoms with E-state index in [9.17, 15) is 9.59 Å². The van der Waals surface area contributed by atoms with Crippen molar-refractivity contribution in [3.63, 3.8) is 0 Å². The highest BCUT2D eigenvalue weighted by Crippen LogP contribution is 2.25. The number of carbonyl (C=O) groups excluding carboxylic acids is 1. The van der Waals surface area contributed by atoms with Crippen LogP contribution in [0.25, 0.3) is 10.9 Å². The van der Waals surface area contributed by atoms with Gasteiger partial charge in [-0.3, -0.25) is 9.59 Å². The second kappa shape index (κ2) is 3.52. The molecule has 0 radical (unpaired) electrons. The Kier molecular flexibility index (Phi) is 2.11. The highest BCUT2D eigenvalue weighted by Gasteiger charge is 2.21. The average Bonchev–Trinajstić information content (AvgIpc) is 2.68. The normalized spacial score (nSPS) is 14.3. The maximum Gasteiger partial charge on any atom is 0.258 e. The molecule has 1 aliphatic rings. The molecule has 4 nitrogen and oxygen atoms in total. The lowest BCUT2D eigenvalue weighted by molar-refractivity contribution is 0.0994. The van der Waals surface area contributed by atoms with E-state index in [-0.39, 0.29) is 11.3 Å². The largest absolute Gasteiger partial charge is 0.310 e. The van der Waals surface area contributed by atoms with Crippen molar-refractivity contribution in [3.05, 3.63) is 39.4 Å². The molecule has 0 saturated heterocycles. The molecule has 3 rings (SSSR count). The number of fused-ring (bicyclic) bond motifs is 2. The van der Waals surface area contributed by atoms with Crippen molar-refractivity contribution in [1.82, 2.24) is 9.97 Å². The molecule has 2 aromatic rings. The first-order chi connectivity index (χ1) is 8.19. The molecule has 1 aromatic heterocycles. The Labute approximate surface area is 97.7 Å². The van der Waals surface area contributed by atoms with Crippen molar-refractivity contribution >= 4 is 16.7 Å². The van der Waals surface area contributed by atoms with Gasteiger partial charge < -0.3 is 4.98 Å². The van der Waals surface area contributed by atoms with E-state index < -0.39 is 0 Å². The van der Waals surface area contributed by atoms with Crippen molar-refractivity contribution in [3.8, 4) is 0 Å². The minimum atomic E-state index is -0.158. The number of carbonyl (C=O) groups is 1. The Morgan fingerprint density at radius 1 is 1.29 bits per heavy atom. The second-order valence-electron chi connectivity index (χ2n) is 4.32. The lowest BCUT2D eigenvalue weighted by Gasteiger charge is -2.03. The number of benzene rings is 1. The van der Waals surface area contributed by atoms with Crippen LogP contribution >= 0.6 is 0 Å². The summed E-state index contributed by atoms with van der Waals surface area (Å²) in [6.07, 6.45) is 2.01. The number of hydrogen-bond donors (Lipinski definition) is 1. The maximum absolute atomic E-state index is 11.9. The molecule has 4 heteroatoms. The van der Waals surface area contributed by atoms with Crippen LogP contribution in [0.3, 0.4) is 0 Å².